The van der Waals surface area contributed by atoms with E-state index in [2.05, 4.69) is 98.9 Å². The van der Waals surface area contributed by atoms with Crippen molar-refractivity contribution in [2.75, 3.05) is 34.9 Å². The zero-order chi connectivity index (χ0) is 90.3. The minimum Gasteiger partial charge on any atom is -1.00 e. The zero-order valence-corrected chi connectivity index (χ0v) is 81.6. The number of ether oxygens (including phenoxy) is 5. The SMILES string of the molecule is Br.CC(C)(C)OC(=O)N(CC(=O)c1ccccc1)C1CC1.CC(C)(C)OC(=O)N(CC(O)(c1ccccc1)c1cccc(N)c1)C1CC1.CC(C)(C)OC(=O)OC(=O)OC(C)(C)C.C[Si](C)(C)N(c1c[c-]ccc1)[Si](C)(C)C.Cc1cc(C(=O)O)n(-c2cccc(C#N)c2)n1.NC1CC1.O=C(CBr)c1ccccc1.O=C(CNC1CC1)c1ccccc1.[H-].[Mg+2]. The van der Waals surface area contributed by atoms with Crippen molar-refractivity contribution in [2.45, 2.75) is 233 Å². The van der Waals surface area contributed by atoms with Crippen molar-refractivity contribution in [3.63, 3.8) is 0 Å². The average molecular weight is 1860 g/mol. The Morgan fingerprint density at radius 3 is 1.41 bits per heavy atom. The van der Waals surface area contributed by atoms with Crippen molar-refractivity contribution in [1.29, 1.82) is 5.26 Å². The number of anilines is 2. The molecular formula is C94H127Br2MgN9O15Si2. The maximum absolute atomic E-state index is 12.8. The molecule has 662 valence electrons. The predicted octanol–water partition coefficient (Wildman–Crippen LogP) is 20.1. The number of nitrogen functional groups attached to an aromatic ring is 1. The molecule has 4 aliphatic carbocycles. The summed E-state index contributed by atoms with van der Waals surface area (Å²) in [5.41, 5.74) is 14.5. The Morgan fingerprint density at radius 2 is 1.01 bits per heavy atom. The third-order valence-corrected chi connectivity index (χ3v) is 25.0. The number of carbonyl (C=O) groups is 8. The van der Waals surface area contributed by atoms with Crippen LogP contribution in [0.5, 0.6) is 0 Å². The number of carbonyl (C=O) groups excluding carboxylic acids is 7. The van der Waals surface area contributed by atoms with Crippen molar-refractivity contribution in [1.82, 2.24) is 24.9 Å². The first kappa shape index (κ1) is 108. The second-order valence-electron chi connectivity index (χ2n) is 35.5. The van der Waals surface area contributed by atoms with Gasteiger partial charge in [-0.25, -0.2) is 28.7 Å². The van der Waals surface area contributed by atoms with Crippen molar-refractivity contribution < 1.29 is 73.7 Å². The van der Waals surface area contributed by atoms with Gasteiger partial charge in [0.05, 0.1) is 48.0 Å². The largest absolute Gasteiger partial charge is 2.00 e. The summed E-state index contributed by atoms with van der Waals surface area (Å²) in [6, 6.07) is 67.4. The summed E-state index contributed by atoms with van der Waals surface area (Å²) in [5.74, 6) is -0.788. The van der Waals surface area contributed by atoms with Crippen LogP contribution >= 0.6 is 32.9 Å². The van der Waals surface area contributed by atoms with Gasteiger partial charge in [-0.05, 0) is 189 Å². The number of nitrogens with two attached hydrogens (primary N) is 2. The summed E-state index contributed by atoms with van der Waals surface area (Å²) in [6.07, 6.45) is 5.79. The van der Waals surface area contributed by atoms with Gasteiger partial charge in [-0.15, -0.1) is 17.0 Å². The Hall–Kier alpha value is -9.36. The first-order valence-electron chi connectivity index (χ1n) is 40.6. The van der Waals surface area contributed by atoms with Gasteiger partial charge >= 0.3 is 53.5 Å². The molecule has 12 rings (SSSR count). The number of aryl methyl sites for hydroxylation is 1. The van der Waals surface area contributed by atoms with Crippen LogP contribution in [0.2, 0.25) is 39.3 Å². The number of nitriles is 1. The summed E-state index contributed by atoms with van der Waals surface area (Å²) in [7, 11) is -2.58. The number of aromatic nitrogens is 2. The summed E-state index contributed by atoms with van der Waals surface area (Å²) in [4.78, 5) is 95.9. The molecule has 0 saturated heterocycles. The van der Waals surface area contributed by atoms with Gasteiger partial charge in [-0.2, -0.15) is 40.7 Å². The number of ketones is 3. The van der Waals surface area contributed by atoms with Gasteiger partial charge in [0.2, 0.25) is 0 Å². The fourth-order valence-electron chi connectivity index (χ4n) is 11.6. The van der Waals surface area contributed by atoms with Gasteiger partial charge in [-0.1, -0.05) is 200 Å². The van der Waals surface area contributed by atoms with Crippen LogP contribution in [0.1, 0.15) is 200 Å². The molecule has 24 nitrogen and oxygen atoms in total. The molecule has 1 aromatic heterocycles. The molecule has 0 radical (unpaired) electrons. The second kappa shape index (κ2) is 50.0. The van der Waals surface area contributed by atoms with Gasteiger partial charge in [0, 0.05) is 46.5 Å². The van der Waals surface area contributed by atoms with Gasteiger partial charge < -0.3 is 61.2 Å². The number of nitrogens with zero attached hydrogens (tertiary/aromatic N) is 6. The molecule has 29 heteroatoms. The molecule has 4 fully saturated rings. The van der Waals surface area contributed by atoms with Crippen molar-refractivity contribution in [2.24, 2.45) is 5.73 Å². The molecule has 0 bridgehead atoms. The molecule has 0 spiro atoms. The van der Waals surface area contributed by atoms with Crippen LogP contribution in [0.4, 0.5) is 30.6 Å². The molecule has 2 amide bonds. The van der Waals surface area contributed by atoms with Gasteiger partial charge in [0.15, 0.2) is 23.0 Å². The fraction of sp³-hybridized carbons (Fsp3) is 0.426. The van der Waals surface area contributed by atoms with Gasteiger partial charge in [-0.3, -0.25) is 19.3 Å². The third kappa shape index (κ3) is 42.3. The molecular weight excluding hydrogens is 1740 g/mol. The van der Waals surface area contributed by atoms with Crippen LogP contribution in [0.3, 0.4) is 0 Å². The number of hydrogen-bond acceptors (Lipinski definition) is 20. The predicted molar refractivity (Wildman–Crippen MR) is 502 cm³/mol. The molecule has 0 aliphatic heterocycles. The Morgan fingerprint density at radius 1 is 0.577 bits per heavy atom. The third-order valence-electron chi connectivity index (χ3n) is 17.2. The number of nitrogens with one attached hydrogen (secondary N) is 1. The number of alkyl halides is 1. The molecule has 1 atom stereocenters. The number of benzene rings is 7. The van der Waals surface area contributed by atoms with Gasteiger partial charge in [0.25, 0.3) is 0 Å². The molecule has 1 unspecified atom stereocenters. The maximum atomic E-state index is 12.8. The molecule has 7 N–H and O–H groups in total. The summed E-state index contributed by atoms with van der Waals surface area (Å²) in [5, 5.41) is 37.3. The van der Waals surface area contributed by atoms with E-state index in [1.54, 1.807) is 107 Å². The van der Waals surface area contributed by atoms with E-state index >= 15 is 0 Å². The summed E-state index contributed by atoms with van der Waals surface area (Å²) in [6.45, 7) is 37.9. The van der Waals surface area contributed by atoms with Crippen LogP contribution in [0.15, 0.2) is 200 Å². The van der Waals surface area contributed by atoms with E-state index in [1.807, 2.05) is 175 Å². The number of aliphatic hydroxyl groups is 1. The number of Topliss-reactive ketones (excluding diaryl/α,β-unsaturated/α-hetero) is 3. The smallest absolute Gasteiger partial charge is 1.00 e. The van der Waals surface area contributed by atoms with E-state index in [0.717, 1.165) is 36.8 Å². The van der Waals surface area contributed by atoms with E-state index in [1.165, 1.54) is 42.1 Å². The van der Waals surface area contributed by atoms with Crippen molar-refractivity contribution in [3.8, 4) is 11.8 Å². The number of aromatic carboxylic acids is 1. The maximum Gasteiger partial charge on any atom is 2.00 e. The molecule has 4 saturated carbocycles. The number of carboxylic acid groups (broad SMARTS) is 1. The minimum atomic E-state index is -1.38. The Kier molecular flexibility index (Phi) is 43.8. The van der Waals surface area contributed by atoms with E-state index in [9.17, 15) is 43.5 Å². The number of halogens is 2. The number of hydrogen-bond donors (Lipinski definition) is 5. The number of rotatable bonds is 20. The standard InChI is InChI=1S/C22H28N2O3.C16H21NO3.C12H9N3O2.C12H22NSi2.C11H13NO.C10H18O5.C8H7BrO.C3H7N.BrH.Mg.H/c1-21(2,3)27-20(25)24(19-12-13-19)15-22(26,16-8-5-4-6-9-16)17-10-7-11-18(23)14-17;1-16(2,3)20-15(19)17(13-9-10-13)11-14(18)12-7-5-4-6-8-12;1-8-5-11(12(16)17)15(14-8)10-4-2-3-9(6-10)7-13;1-14(2,3)13(15(4,5)6)12-10-8-7-9-11-12;13-11(8-12-10-6-7-10)9-4-2-1-3-5-9;1-9(2,3)14-7(11)13-8(12)15-10(4,5)6;9-6-8(10)7-4-2-1-3-5-7;4-3-1-2-3;;;/h4-11,14,19,26H,12-13,15,23H2,1-3H3;4-8,13H,9-11H2,1-3H3;2-6H,1H3,(H,16,17);7-8,10-11H,1-6H3;1-5,10,12H,6-8H2;1-6H3;1-5H,6H2;3H,1-2,4H2;1H;;/q;;;-1;;;;;;+2;-1. The first-order valence-corrected chi connectivity index (χ1v) is 48.6. The Labute approximate surface area is 766 Å². The van der Waals surface area contributed by atoms with Crippen molar-refractivity contribution in [3.05, 3.63) is 251 Å². The second-order valence-corrected chi connectivity index (χ2v) is 46.1. The Balaban J connectivity index is 0.000000493. The molecule has 8 aromatic rings. The van der Waals surface area contributed by atoms with Crippen LogP contribution in [0.25, 0.3) is 5.69 Å². The number of amides is 2. The number of carboxylic acids is 1. The summed E-state index contributed by atoms with van der Waals surface area (Å²) < 4.78 is 28.8. The molecule has 4 aliphatic rings. The zero-order valence-electron chi connectivity index (χ0n) is 75.9. The topological polar surface area (TPSA) is 339 Å². The normalized spacial score (nSPS) is 13.6. The molecule has 1 heterocycles. The average Bonchev–Trinajstić information content (AvgIpc) is 0.936. The van der Waals surface area contributed by atoms with E-state index in [0.29, 0.717) is 63.3 Å². The van der Waals surface area contributed by atoms with Gasteiger partial charge in [0.1, 0.15) is 44.5 Å². The fourth-order valence-corrected chi connectivity index (χ4v) is 21.8. The first-order chi connectivity index (χ1) is 56.5. The van der Waals surface area contributed by atoms with Crippen LogP contribution in [-0.4, -0.2) is 189 Å². The van der Waals surface area contributed by atoms with Crippen LogP contribution < -0.4 is 21.0 Å². The molecule has 7 aromatic carbocycles. The van der Waals surface area contributed by atoms with Crippen LogP contribution in [-0.2, 0) is 29.3 Å². The summed E-state index contributed by atoms with van der Waals surface area (Å²) >= 11 is 3.10. The van der Waals surface area contributed by atoms with E-state index < -0.39 is 74.9 Å². The molecule has 123 heavy (non-hydrogen) atoms. The van der Waals surface area contributed by atoms with E-state index in [4.69, 9.17) is 40.8 Å². The minimum absolute atomic E-state index is 0. The van der Waals surface area contributed by atoms with E-state index in [-0.39, 0.29) is 89.7 Å². The Bertz CT molecular complexity index is 4640. The quantitative estimate of drug-likeness (QED) is 0.00691. The van der Waals surface area contributed by atoms with Crippen LogP contribution in [0, 0.1) is 24.3 Å². The van der Waals surface area contributed by atoms with Crippen molar-refractivity contribution >= 4 is 132 Å². The monoisotopic (exact) mass is 1860 g/mol.